The molecule has 1 aliphatic rings. The maximum atomic E-state index is 13.9. The minimum absolute atomic E-state index is 0.161. The van der Waals surface area contributed by atoms with Gasteiger partial charge in [-0.05, 0) is 54.0 Å². The summed E-state index contributed by atoms with van der Waals surface area (Å²) in [6.45, 7) is 0.129. The number of hydrogen-bond donors (Lipinski definition) is 0. The fourth-order valence-electron chi connectivity index (χ4n) is 3.53. The monoisotopic (exact) mass is 462 g/mol. The lowest BCUT2D eigenvalue weighted by Crippen LogP contribution is -2.29. The normalized spacial score (nSPS) is 13.0. The van der Waals surface area contributed by atoms with Gasteiger partial charge in [0, 0.05) is 18.2 Å². The van der Waals surface area contributed by atoms with Gasteiger partial charge in [0.25, 0.3) is 10.0 Å². The first-order valence-corrected chi connectivity index (χ1v) is 11.6. The summed E-state index contributed by atoms with van der Waals surface area (Å²) in [5, 5.41) is 8.76. The number of hydrogen-bond acceptors (Lipinski definition) is 5. The fraction of sp³-hybridized carbons (Fsp3) is 0.120. The number of halogens is 1. The highest BCUT2D eigenvalue weighted by atomic mass is 32.2. The summed E-state index contributed by atoms with van der Waals surface area (Å²) >= 11 is 0. The van der Waals surface area contributed by atoms with E-state index in [1.807, 2.05) is 24.3 Å². The van der Waals surface area contributed by atoms with E-state index in [0.29, 0.717) is 24.2 Å². The van der Waals surface area contributed by atoms with Crippen molar-refractivity contribution in [1.82, 2.24) is 0 Å². The molecule has 166 valence electrons. The van der Waals surface area contributed by atoms with Gasteiger partial charge in [-0.2, -0.15) is 5.26 Å². The van der Waals surface area contributed by atoms with Crippen molar-refractivity contribution in [3.63, 3.8) is 0 Å². The van der Waals surface area contributed by atoms with Crippen LogP contribution >= 0.6 is 0 Å². The Morgan fingerprint density at radius 1 is 1.12 bits per heavy atom. The average Bonchev–Trinajstić information content (AvgIpc) is 3.27. The third-order valence-electron chi connectivity index (χ3n) is 5.28. The van der Waals surface area contributed by atoms with Crippen molar-refractivity contribution in [2.75, 3.05) is 10.8 Å². The number of nitrogens with zero attached hydrogens (tertiary/aromatic N) is 2. The molecule has 6 nitrogen and oxygen atoms in total. The van der Waals surface area contributed by atoms with E-state index in [-0.39, 0.29) is 22.6 Å². The molecule has 0 unspecified atom stereocenters. The zero-order chi connectivity index (χ0) is 23.4. The van der Waals surface area contributed by atoms with Gasteiger partial charge < -0.3 is 4.74 Å². The fourth-order valence-corrected chi connectivity index (χ4v) is 5.03. The van der Waals surface area contributed by atoms with Crippen molar-refractivity contribution in [2.45, 2.75) is 17.9 Å². The Balaban J connectivity index is 1.39. The Labute approximate surface area is 191 Å². The van der Waals surface area contributed by atoms with E-state index in [1.54, 1.807) is 18.2 Å². The number of sulfonamides is 1. The zero-order valence-electron chi connectivity index (χ0n) is 17.4. The molecule has 8 heteroatoms. The minimum Gasteiger partial charge on any atom is -0.458 e. The molecule has 1 aliphatic heterocycles. The molecule has 0 atom stereocenters. The van der Waals surface area contributed by atoms with Crippen LogP contribution in [0.2, 0.25) is 0 Å². The van der Waals surface area contributed by atoms with Crippen molar-refractivity contribution in [2.24, 2.45) is 0 Å². The Morgan fingerprint density at radius 3 is 2.61 bits per heavy atom. The third kappa shape index (κ3) is 4.78. The van der Waals surface area contributed by atoms with Crippen LogP contribution in [0.25, 0.3) is 6.08 Å². The maximum Gasteiger partial charge on any atom is 0.331 e. The minimum atomic E-state index is -3.69. The first-order valence-electron chi connectivity index (χ1n) is 10.1. The summed E-state index contributed by atoms with van der Waals surface area (Å²) in [7, 11) is -3.69. The predicted molar refractivity (Wildman–Crippen MR) is 121 cm³/mol. The molecule has 0 saturated carbocycles. The number of esters is 1. The van der Waals surface area contributed by atoms with Crippen molar-refractivity contribution in [3.05, 3.63) is 101 Å². The SMILES string of the molecule is N#Cc1ccc(COC(=O)/C=C/c2ccc(S(=O)(=O)N3CCc4ccccc43)cc2)c(F)c1. The van der Waals surface area contributed by atoms with Gasteiger partial charge in [-0.3, -0.25) is 4.31 Å². The number of carbonyl (C=O) groups is 1. The van der Waals surface area contributed by atoms with Crippen molar-refractivity contribution in [3.8, 4) is 6.07 Å². The lowest BCUT2D eigenvalue weighted by Gasteiger charge is -2.19. The number of anilines is 1. The Kier molecular flexibility index (Phi) is 6.24. The van der Waals surface area contributed by atoms with Crippen LogP contribution in [0.4, 0.5) is 10.1 Å². The van der Waals surface area contributed by atoms with E-state index in [1.165, 1.54) is 40.7 Å². The Bertz CT molecular complexity index is 1380. The van der Waals surface area contributed by atoms with Crippen LogP contribution in [0.3, 0.4) is 0 Å². The summed E-state index contributed by atoms with van der Waals surface area (Å²) in [6, 6.07) is 19.4. The number of ether oxygens (including phenoxy) is 1. The van der Waals surface area contributed by atoms with E-state index < -0.39 is 21.8 Å². The predicted octanol–water partition coefficient (Wildman–Crippen LogP) is 4.21. The van der Waals surface area contributed by atoms with Crippen LogP contribution in [0, 0.1) is 17.1 Å². The molecule has 0 fully saturated rings. The topological polar surface area (TPSA) is 87.5 Å². The summed E-state index contributed by atoms with van der Waals surface area (Å²) in [4.78, 5) is 12.1. The van der Waals surface area contributed by atoms with Gasteiger partial charge in [0.1, 0.15) is 12.4 Å². The summed E-state index contributed by atoms with van der Waals surface area (Å²) < 4.78 is 46.4. The van der Waals surface area contributed by atoms with Crippen LogP contribution in [-0.2, 0) is 32.6 Å². The molecule has 3 aromatic rings. The first-order chi connectivity index (χ1) is 15.9. The quantitative estimate of drug-likeness (QED) is 0.405. The van der Waals surface area contributed by atoms with E-state index in [9.17, 15) is 17.6 Å². The van der Waals surface area contributed by atoms with Crippen LogP contribution in [0.5, 0.6) is 0 Å². The zero-order valence-corrected chi connectivity index (χ0v) is 18.3. The van der Waals surface area contributed by atoms with E-state index in [2.05, 4.69) is 0 Å². The number of fused-ring (bicyclic) bond motifs is 1. The van der Waals surface area contributed by atoms with Gasteiger partial charge in [-0.25, -0.2) is 17.6 Å². The molecule has 0 aliphatic carbocycles. The second-order valence-electron chi connectivity index (χ2n) is 7.38. The Morgan fingerprint density at radius 2 is 1.88 bits per heavy atom. The van der Waals surface area contributed by atoms with Crippen molar-refractivity contribution in [1.29, 1.82) is 5.26 Å². The number of nitriles is 1. The van der Waals surface area contributed by atoms with E-state index >= 15 is 0 Å². The highest BCUT2D eigenvalue weighted by molar-refractivity contribution is 7.92. The molecule has 0 radical (unpaired) electrons. The molecule has 0 amide bonds. The van der Waals surface area contributed by atoms with Gasteiger partial charge in [-0.1, -0.05) is 36.4 Å². The van der Waals surface area contributed by atoms with Gasteiger partial charge in [0.05, 0.1) is 22.2 Å². The molecular weight excluding hydrogens is 443 g/mol. The van der Waals surface area contributed by atoms with Crippen molar-refractivity contribution < 1.29 is 22.3 Å². The van der Waals surface area contributed by atoms with Gasteiger partial charge in [0.2, 0.25) is 0 Å². The highest BCUT2D eigenvalue weighted by Crippen LogP contribution is 2.32. The molecule has 33 heavy (non-hydrogen) atoms. The second-order valence-corrected chi connectivity index (χ2v) is 9.25. The highest BCUT2D eigenvalue weighted by Gasteiger charge is 2.30. The number of rotatable bonds is 6. The smallest absolute Gasteiger partial charge is 0.331 e. The third-order valence-corrected chi connectivity index (χ3v) is 7.10. The number of para-hydroxylation sites is 1. The molecule has 3 aromatic carbocycles. The lowest BCUT2D eigenvalue weighted by atomic mass is 10.1. The first kappa shape index (κ1) is 22.2. The van der Waals surface area contributed by atoms with Crippen LogP contribution in [-0.4, -0.2) is 20.9 Å². The largest absolute Gasteiger partial charge is 0.458 e. The lowest BCUT2D eigenvalue weighted by molar-refractivity contribution is -0.138. The molecule has 0 N–H and O–H groups in total. The van der Waals surface area contributed by atoms with Gasteiger partial charge in [-0.15, -0.1) is 0 Å². The second kappa shape index (κ2) is 9.27. The van der Waals surface area contributed by atoms with E-state index in [4.69, 9.17) is 10.00 Å². The van der Waals surface area contributed by atoms with Crippen LogP contribution < -0.4 is 4.31 Å². The van der Waals surface area contributed by atoms with Crippen LogP contribution in [0.1, 0.15) is 22.3 Å². The van der Waals surface area contributed by atoms with Crippen molar-refractivity contribution >= 4 is 27.8 Å². The van der Waals surface area contributed by atoms with Crippen LogP contribution in [0.15, 0.2) is 77.7 Å². The molecule has 0 aromatic heterocycles. The molecule has 1 heterocycles. The summed E-state index contributed by atoms with van der Waals surface area (Å²) in [5.74, 6) is -1.30. The molecule has 4 rings (SSSR count). The summed E-state index contributed by atoms with van der Waals surface area (Å²) in [5.41, 5.74) is 2.65. The molecule has 0 spiro atoms. The maximum absolute atomic E-state index is 13.9. The number of carbonyl (C=O) groups excluding carboxylic acids is 1. The van der Waals surface area contributed by atoms with E-state index in [0.717, 1.165) is 11.6 Å². The standard InChI is InChI=1S/C25H19FN2O4S/c26-23-15-19(16-27)5-9-21(23)17-32-25(29)12-8-18-6-10-22(11-7-18)33(30,31)28-14-13-20-3-1-2-4-24(20)28/h1-12,15H,13-14,17H2/b12-8+. The van der Waals surface area contributed by atoms with Gasteiger partial charge >= 0.3 is 5.97 Å². The number of benzene rings is 3. The summed E-state index contributed by atoms with van der Waals surface area (Å²) in [6.07, 6.45) is 3.34. The molecule has 0 bridgehead atoms. The molecular formula is C25H19FN2O4S. The Hall–Kier alpha value is -3.96. The molecule has 0 saturated heterocycles. The van der Waals surface area contributed by atoms with Gasteiger partial charge in [0.15, 0.2) is 0 Å². The average molecular weight is 463 g/mol.